The van der Waals surface area contributed by atoms with Gasteiger partial charge in [0.05, 0.1) is 12.2 Å². The van der Waals surface area contributed by atoms with Crippen molar-refractivity contribution in [3.63, 3.8) is 0 Å². The molecule has 0 unspecified atom stereocenters. The molecule has 0 aromatic carbocycles. The number of nitrogens with zero attached hydrogens (tertiary/aromatic N) is 4. The molecule has 0 saturated carbocycles. The molecule has 3 rings (SSSR count). The summed E-state index contributed by atoms with van der Waals surface area (Å²) >= 11 is 0. The minimum atomic E-state index is -0.110. The molecule has 0 spiro atoms. The Labute approximate surface area is 122 Å². The standard InChI is InChI=1S/C14H19N5O2/c1-8(2)12-15-7-10(17-12)14(20)19-6-4-5-11(19)13-16-9(3)21-18-13/h7-8,11H,4-6H2,1-3H3,(H,15,17)/t11-/m1/s1. The third-order valence-electron chi connectivity index (χ3n) is 3.73. The lowest BCUT2D eigenvalue weighted by atomic mass is 10.2. The third-order valence-corrected chi connectivity index (χ3v) is 3.73. The van der Waals surface area contributed by atoms with Gasteiger partial charge in [0, 0.05) is 19.4 Å². The molecule has 1 aliphatic rings. The van der Waals surface area contributed by atoms with Crippen LogP contribution in [0.2, 0.25) is 0 Å². The molecule has 1 aliphatic heterocycles. The van der Waals surface area contributed by atoms with E-state index in [2.05, 4.69) is 20.1 Å². The van der Waals surface area contributed by atoms with Gasteiger partial charge in [-0.15, -0.1) is 0 Å². The van der Waals surface area contributed by atoms with Crippen molar-refractivity contribution < 1.29 is 9.32 Å². The zero-order valence-corrected chi connectivity index (χ0v) is 12.5. The minimum absolute atomic E-state index is 0.0562. The van der Waals surface area contributed by atoms with Crippen molar-refractivity contribution in [2.45, 2.75) is 45.6 Å². The van der Waals surface area contributed by atoms with Gasteiger partial charge in [0.25, 0.3) is 5.91 Å². The lowest BCUT2D eigenvalue weighted by Crippen LogP contribution is -2.31. The fourth-order valence-electron chi connectivity index (χ4n) is 2.62. The van der Waals surface area contributed by atoms with Gasteiger partial charge < -0.3 is 14.4 Å². The van der Waals surface area contributed by atoms with Crippen molar-refractivity contribution in [2.75, 3.05) is 6.54 Å². The molecule has 1 amide bonds. The Morgan fingerprint density at radius 3 is 2.95 bits per heavy atom. The SMILES string of the molecule is Cc1nc([C@H]2CCCN2C(=O)c2cnc(C(C)C)[nH]2)no1. The van der Waals surface area contributed by atoms with E-state index in [1.54, 1.807) is 18.0 Å². The first-order valence-electron chi connectivity index (χ1n) is 7.22. The van der Waals surface area contributed by atoms with E-state index in [0.29, 0.717) is 24.0 Å². The molecular weight excluding hydrogens is 270 g/mol. The average molecular weight is 289 g/mol. The van der Waals surface area contributed by atoms with E-state index in [1.807, 2.05) is 13.8 Å². The Balaban J connectivity index is 1.82. The van der Waals surface area contributed by atoms with Crippen molar-refractivity contribution in [2.24, 2.45) is 0 Å². The van der Waals surface area contributed by atoms with Crippen LogP contribution in [0.25, 0.3) is 0 Å². The van der Waals surface area contributed by atoms with E-state index >= 15 is 0 Å². The van der Waals surface area contributed by atoms with Crippen molar-refractivity contribution in [3.05, 3.63) is 29.4 Å². The van der Waals surface area contributed by atoms with Crippen LogP contribution in [0.15, 0.2) is 10.7 Å². The monoisotopic (exact) mass is 289 g/mol. The summed E-state index contributed by atoms with van der Waals surface area (Å²) in [4.78, 5) is 26.0. The molecule has 0 radical (unpaired) electrons. The summed E-state index contributed by atoms with van der Waals surface area (Å²) in [5, 5.41) is 3.95. The first-order valence-corrected chi connectivity index (χ1v) is 7.22. The summed E-state index contributed by atoms with van der Waals surface area (Å²) in [6, 6.07) is -0.110. The van der Waals surface area contributed by atoms with Crippen LogP contribution in [-0.2, 0) is 0 Å². The third kappa shape index (κ3) is 2.55. The summed E-state index contributed by atoms with van der Waals surface area (Å²) in [5.41, 5.74) is 0.519. The fourth-order valence-corrected chi connectivity index (χ4v) is 2.62. The largest absolute Gasteiger partial charge is 0.340 e. The maximum absolute atomic E-state index is 12.6. The van der Waals surface area contributed by atoms with Crippen molar-refractivity contribution >= 4 is 5.91 Å². The van der Waals surface area contributed by atoms with Crippen LogP contribution in [-0.4, -0.2) is 37.5 Å². The average Bonchev–Trinajstić information content (AvgIpc) is 3.17. The molecule has 2 aromatic heterocycles. The van der Waals surface area contributed by atoms with Crippen LogP contribution in [0.5, 0.6) is 0 Å². The predicted molar refractivity (Wildman–Crippen MR) is 74.7 cm³/mol. The highest BCUT2D eigenvalue weighted by molar-refractivity contribution is 5.92. The molecule has 2 aromatic rings. The highest BCUT2D eigenvalue weighted by Crippen LogP contribution is 2.31. The fraction of sp³-hybridized carbons (Fsp3) is 0.571. The smallest absolute Gasteiger partial charge is 0.272 e. The molecule has 1 N–H and O–H groups in total. The molecule has 1 atom stereocenters. The number of nitrogens with one attached hydrogen (secondary N) is 1. The Bertz CT molecular complexity index is 645. The summed E-state index contributed by atoms with van der Waals surface area (Å²) in [6.45, 7) is 6.52. The summed E-state index contributed by atoms with van der Waals surface area (Å²) in [7, 11) is 0. The molecule has 7 heteroatoms. The minimum Gasteiger partial charge on any atom is -0.340 e. The Morgan fingerprint density at radius 2 is 2.33 bits per heavy atom. The second kappa shape index (κ2) is 5.31. The number of amides is 1. The molecule has 0 aliphatic carbocycles. The lowest BCUT2D eigenvalue weighted by molar-refractivity contribution is 0.0722. The van der Waals surface area contributed by atoms with Crippen molar-refractivity contribution in [3.8, 4) is 0 Å². The van der Waals surface area contributed by atoms with Gasteiger partial charge in [0.15, 0.2) is 5.82 Å². The molecule has 1 saturated heterocycles. The molecule has 112 valence electrons. The molecule has 1 fully saturated rings. The molecular formula is C14H19N5O2. The van der Waals surface area contributed by atoms with Crippen LogP contribution in [0.4, 0.5) is 0 Å². The predicted octanol–water partition coefficient (Wildman–Crippen LogP) is 2.20. The number of carbonyl (C=O) groups excluding carboxylic acids is 1. The highest BCUT2D eigenvalue weighted by atomic mass is 16.5. The number of rotatable bonds is 3. The zero-order valence-electron chi connectivity index (χ0n) is 12.5. The van der Waals surface area contributed by atoms with E-state index in [-0.39, 0.29) is 17.9 Å². The van der Waals surface area contributed by atoms with Crippen LogP contribution in [0.3, 0.4) is 0 Å². The lowest BCUT2D eigenvalue weighted by Gasteiger charge is -2.21. The van der Waals surface area contributed by atoms with E-state index < -0.39 is 0 Å². The van der Waals surface area contributed by atoms with Gasteiger partial charge in [-0.1, -0.05) is 19.0 Å². The van der Waals surface area contributed by atoms with Gasteiger partial charge in [0.2, 0.25) is 5.89 Å². The first kappa shape index (κ1) is 13.8. The van der Waals surface area contributed by atoms with Crippen LogP contribution >= 0.6 is 0 Å². The van der Waals surface area contributed by atoms with Gasteiger partial charge in [-0.05, 0) is 12.8 Å². The van der Waals surface area contributed by atoms with Crippen molar-refractivity contribution in [1.82, 2.24) is 25.0 Å². The van der Waals surface area contributed by atoms with E-state index in [1.165, 1.54) is 0 Å². The van der Waals surface area contributed by atoms with Crippen LogP contribution in [0.1, 0.15) is 66.7 Å². The highest BCUT2D eigenvalue weighted by Gasteiger charge is 2.34. The number of aromatic amines is 1. The van der Waals surface area contributed by atoms with E-state index in [4.69, 9.17) is 4.52 Å². The van der Waals surface area contributed by atoms with Crippen molar-refractivity contribution in [1.29, 1.82) is 0 Å². The Morgan fingerprint density at radius 1 is 1.52 bits per heavy atom. The second-order valence-electron chi connectivity index (χ2n) is 5.66. The molecule has 21 heavy (non-hydrogen) atoms. The summed E-state index contributed by atoms with van der Waals surface area (Å²) < 4.78 is 5.03. The second-order valence-corrected chi connectivity index (χ2v) is 5.66. The maximum atomic E-state index is 12.6. The molecule has 0 bridgehead atoms. The van der Waals surface area contributed by atoms with Gasteiger partial charge in [-0.2, -0.15) is 4.98 Å². The number of aromatic nitrogens is 4. The van der Waals surface area contributed by atoms with Gasteiger partial charge in [0.1, 0.15) is 11.5 Å². The zero-order chi connectivity index (χ0) is 15.0. The normalized spacial score (nSPS) is 18.7. The summed E-state index contributed by atoms with van der Waals surface area (Å²) in [5.74, 6) is 2.14. The number of carbonyl (C=O) groups is 1. The van der Waals surface area contributed by atoms with Gasteiger partial charge >= 0.3 is 0 Å². The van der Waals surface area contributed by atoms with Gasteiger partial charge in [-0.3, -0.25) is 4.79 Å². The molecule has 3 heterocycles. The summed E-state index contributed by atoms with van der Waals surface area (Å²) in [6.07, 6.45) is 3.40. The number of likely N-dealkylation sites (tertiary alicyclic amines) is 1. The number of aryl methyl sites for hydroxylation is 1. The topological polar surface area (TPSA) is 87.9 Å². The van der Waals surface area contributed by atoms with Gasteiger partial charge in [-0.25, -0.2) is 4.98 Å². The number of H-pyrrole nitrogens is 1. The Hall–Kier alpha value is -2.18. The number of hydrogen-bond acceptors (Lipinski definition) is 5. The number of hydrogen-bond donors (Lipinski definition) is 1. The molecule has 7 nitrogen and oxygen atoms in total. The maximum Gasteiger partial charge on any atom is 0.272 e. The quantitative estimate of drug-likeness (QED) is 0.935. The Kier molecular flexibility index (Phi) is 3.48. The first-order chi connectivity index (χ1) is 10.1. The number of imidazole rings is 1. The van der Waals surface area contributed by atoms with Crippen LogP contribution < -0.4 is 0 Å². The van der Waals surface area contributed by atoms with E-state index in [0.717, 1.165) is 18.7 Å². The van der Waals surface area contributed by atoms with Crippen LogP contribution in [0, 0.1) is 6.92 Å². The van der Waals surface area contributed by atoms with E-state index in [9.17, 15) is 4.79 Å².